The van der Waals surface area contributed by atoms with Crippen LogP contribution in [0.25, 0.3) is 0 Å². The maximum Gasteiger partial charge on any atom is 0.280 e. The summed E-state index contributed by atoms with van der Waals surface area (Å²) in [7, 11) is 0. The molecule has 0 aromatic heterocycles. The molecule has 0 radical (unpaired) electrons. The van der Waals surface area contributed by atoms with E-state index in [1.54, 1.807) is 0 Å². The number of hydrogen-bond acceptors (Lipinski definition) is 2. The average molecular weight is 145 g/mol. The quantitative estimate of drug-likeness (QED) is 0.415. The molecule has 0 N–H and O–H groups in total. The molecule has 0 bridgehead atoms. The van der Waals surface area contributed by atoms with Crippen LogP contribution >= 0.6 is 35.0 Å². The first-order valence-corrected chi connectivity index (χ1v) is 3.05. The standard InChI is InChI=1S/C2H2Cl2OS/c3-1-6-2(4)5/h1H2. The minimum Gasteiger partial charge on any atom is -0.268 e. The van der Waals surface area contributed by atoms with Crippen LogP contribution in [0.15, 0.2) is 0 Å². The fourth-order valence-electron chi connectivity index (χ4n) is 0.0429. The van der Waals surface area contributed by atoms with Gasteiger partial charge in [-0.05, 0) is 11.6 Å². The van der Waals surface area contributed by atoms with Crippen LogP contribution in [0.5, 0.6) is 0 Å². The van der Waals surface area contributed by atoms with Crippen molar-refractivity contribution in [2.45, 2.75) is 0 Å². The first-order chi connectivity index (χ1) is 2.77. The summed E-state index contributed by atoms with van der Waals surface area (Å²) in [6, 6.07) is 0. The molecular weight excluding hydrogens is 143 g/mol. The highest BCUT2D eigenvalue weighted by molar-refractivity contribution is 8.17. The van der Waals surface area contributed by atoms with Crippen LogP contribution in [0.4, 0.5) is 4.79 Å². The highest BCUT2D eigenvalue weighted by Crippen LogP contribution is 2.07. The fourth-order valence-corrected chi connectivity index (χ4v) is 0.757. The Kier molecular flexibility index (Phi) is 4.16. The van der Waals surface area contributed by atoms with Gasteiger partial charge in [-0.1, -0.05) is 11.8 Å². The van der Waals surface area contributed by atoms with E-state index in [0.29, 0.717) is 0 Å². The molecule has 0 aliphatic rings. The molecule has 0 saturated heterocycles. The lowest BCUT2D eigenvalue weighted by atomic mass is 11.8. The molecule has 0 rings (SSSR count). The van der Waals surface area contributed by atoms with Gasteiger partial charge in [-0.25, -0.2) is 0 Å². The number of alkyl halides is 1. The molecule has 0 saturated carbocycles. The van der Waals surface area contributed by atoms with E-state index in [0.717, 1.165) is 11.8 Å². The summed E-state index contributed by atoms with van der Waals surface area (Å²) < 4.78 is -0.454. The lowest BCUT2D eigenvalue weighted by Gasteiger charge is -1.76. The van der Waals surface area contributed by atoms with Gasteiger partial charge in [0.25, 0.3) is 4.57 Å². The largest absolute Gasteiger partial charge is 0.280 e. The highest BCUT2D eigenvalue weighted by atomic mass is 35.5. The summed E-state index contributed by atoms with van der Waals surface area (Å²) in [5.74, 6) is 0. The first-order valence-electron chi connectivity index (χ1n) is 1.15. The molecule has 4 heteroatoms. The van der Waals surface area contributed by atoms with Crippen molar-refractivity contribution in [3.05, 3.63) is 0 Å². The van der Waals surface area contributed by atoms with Gasteiger partial charge in [-0.2, -0.15) is 0 Å². The van der Waals surface area contributed by atoms with Gasteiger partial charge < -0.3 is 0 Å². The van der Waals surface area contributed by atoms with Crippen LogP contribution < -0.4 is 0 Å². The Morgan fingerprint density at radius 2 is 2.33 bits per heavy atom. The molecule has 0 fully saturated rings. The van der Waals surface area contributed by atoms with Crippen LogP contribution in [0.2, 0.25) is 0 Å². The van der Waals surface area contributed by atoms with E-state index < -0.39 is 4.57 Å². The monoisotopic (exact) mass is 144 g/mol. The Morgan fingerprint density at radius 1 is 1.83 bits per heavy atom. The van der Waals surface area contributed by atoms with Crippen molar-refractivity contribution in [2.75, 3.05) is 5.21 Å². The molecule has 36 valence electrons. The lowest BCUT2D eigenvalue weighted by molar-refractivity contribution is 0.276. The first kappa shape index (κ1) is 6.60. The molecule has 0 unspecified atom stereocenters. The number of thioether (sulfide) groups is 1. The van der Waals surface area contributed by atoms with Crippen LogP contribution in [0.3, 0.4) is 0 Å². The zero-order chi connectivity index (χ0) is 4.99. The van der Waals surface area contributed by atoms with Crippen molar-refractivity contribution in [1.82, 2.24) is 0 Å². The van der Waals surface area contributed by atoms with E-state index in [1.165, 1.54) is 0 Å². The molecule has 0 aliphatic heterocycles. The van der Waals surface area contributed by atoms with Crippen molar-refractivity contribution in [2.24, 2.45) is 0 Å². The molecule has 6 heavy (non-hydrogen) atoms. The zero-order valence-electron chi connectivity index (χ0n) is 2.78. The highest BCUT2D eigenvalue weighted by Gasteiger charge is 1.89. The van der Waals surface area contributed by atoms with Crippen LogP contribution in [-0.2, 0) is 0 Å². The third-order valence-electron chi connectivity index (χ3n) is 0.168. The predicted octanol–water partition coefficient (Wildman–Crippen LogP) is 2.27. The second-order valence-electron chi connectivity index (χ2n) is 0.491. The minimum atomic E-state index is -0.454. The molecular formula is C2H2Cl2OS. The van der Waals surface area contributed by atoms with Crippen molar-refractivity contribution < 1.29 is 4.79 Å². The van der Waals surface area contributed by atoms with E-state index in [-0.39, 0.29) is 5.21 Å². The van der Waals surface area contributed by atoms with E-state index in [2.05, 4.69) is 0 Å². The Bertz CT molecular complexity index is 55.5. The van der Waals surface area contributed by atoms with E-state index in [9.17, 15) is 4.79 Å². The van der Waals surface area contributed by atoms with Crippen molar-refractivity contribution >= 4 is 39.5 Å². The van der Waals surface area contributed by atoms with Crippen molar-refractivity contribution in [1.29, 1.82) is 0 Å². The average Bonchev–Trinajstić information content (AvgIpc) is 1.35. The fraction of sp³-hybridized carbons (Fsp3) is 0.500. The van der Waals surface area contributed by atoms with E-state index in [4.69, 9.17) is 23.2 Å². The molecule has 0 heterocycles. The maximum absolute atomic E-state index is 9.69. The van der Waals surface area contributed by atoms with Gasteiger partial charge in [0, 0.05) is 0 Å². The molecule has 1 nitrogen and oxygen atoms in total. The Balaban J connectivity index is 2.83. The number of carbonyl (C=O) groups excluding carboxylic acids is 1. The van der Waals surface area contributed by atoms with Crippen LogP contribution in [0, 0.1) is 0 Å². The zero-order valence-corrected chi connectivity index (χ0v) is 5.11. The molecule has 0 aromatic carbocycles. The van der Waals surface area contributed by atoms with Gasteiger partial charge in [-0.15, -0.1) is 11.6 Å². The minimum absolute atomic E-state index is 0.238. The normalized spacial score (nSPS) is 8.33. The summed E-state index contributed by atoms with van der Waals surface area (Å²) in [5, 5.41) is 0.238. The Hall–Kier alpha value is 0.600. The lowest BCUT2D eigenvalue weighted by Crippen LogP contribution is -1.67. The third-order valence-corrected chi connectivity index (χ3v) is 1.16. The second kappa shape index (κ2) is 3.78. The van der Waals surface area contributed by atoms with Crippen molar-refractivity contribution in [3.8, 4) is 0 Å². The van der Waals surface area contributed by atoms with Gasteiger partial charge in [0.1, 0.15) is 0 Å². The number of rotatable bonds is 1. The van der Waals surface area contributed by atoms with E-state index >= 15 is 0 Å². The maximum atomic E-state index is 9.69. The van der Waals surface area contributed by atoms with Crippen LogP contribution in [0.1, 0.15) is 0 Å². The second-order valence-corrected chi connectivity index (χ2v) is 2.59. The molecule has 0 amide bonds. The van der Waals surface area contributed by atoms with E-state index in [1.807, 2.05) is 0 Å². The van der Waals surface area contributed by atoms with Gasteiger partial charge in [0.2, 0.25) is 0 Å². The number of hydrogen-bond donors (Lipinski definition) is 0. The summed E-state index contributed by atoms with van der Waals surface area (Å²) in [5.41, 5.74) is 0. The molecule has 0 atom stereocenters. The molecule has 0 aromatic rings. The summed E-state index contributed by atoms with van der Waals surface area (Å²) in [4.78, 5) is 9.69. The number of carbonyl (C=O) groups is 1. The van der Waals surface area contributed by atoms with Gasteiger partial charge in [0.05, 0.1) is 5.21 Å². The Morgan fingerprint density at radius 3 is 2.33 bits per heavy atom. The molecule has 0 spiro atoms. The smallest absolute Gasteiger partial charge is 0.268 e. The topological polar surface area (TPSA) is 17.1 Å². The summed E-state index contributed by atoms with van der Waals surface area (Å²) >= 11 is 10.7. The van der Waals surface area contributed by atoms with Gasteiger partial charge in [0.15, 0.2) is 0 Å². The number of halogens is 2. The SMILES string of the molecule is O=C(Cl)SCCl. The summed E-state index contributed by atoms with van der Waals surface area (Å²) in [6.07, 6.45) is 0. The Labute approximate surface area is 50.0 Å². The molecule has 0 aliphatic carbocycles. The predicted molar refractivity (Wildman–Crippen MR) is 29.6 cm³/mol. The van der Waals surface area contributed by atoms with Crippen molar-refractivity contribution in [3.63, 3.8) is 0 Å². The third kappa shape index (κ3) is 4.60. The van der Waals surface area contributed by atoms with Gasteiger partial charge in [-0.3, -0.25) is 4.79 Å². The van der Waals surface area contributed by atoms with Gasteiger partial charge >= 0.3 is 0 Å². The summed E-state index contributed by atoms with van der Waals surface area (Å²) in [6.45, 7) is 0. The van der Waals surface area contributed by atoms with Crippen LogP contribution in [-0.4, -0.2) is 9.79 Å².